The van der Waals surface area contributed by atoms with Gasteiger partial charge in [0.25, 0.3) is 0 Å². The third kappa shape index (κ3) is 2.11. The molecule has 0 bridgehead atoms. The molecule has 0 saturated carbocycles. The molecule has 0 atom stereocenters. The second kappa shape index (κ2) is 4.31. The average molecular weight is 168 g/mol. The summed E-state index contributed by atoms with van der Waals surface area (Å²) in [5, 5.41) is 0. The monoisotopic (exact) mass is 168 g/mol. The Balaban J connectivity index is 2.63. The highest BCUT2D eigenvalue weighted by molar-refractivity contribution is 5.31. The van der Waals surface area contributed by atoms with E-state index >= 15 is 0 Å². The summed E-state index contributed by atoms with van der Waals surface area (Å²) in [5.41, 5.74) is 2.56. The summed E-state index contributed by atoms with van der Waals surface area (Å²) in [6.07, 6.45) is 4.45. The number of hydrogen-bond acceptors (Lipinski definition) is 2. The highest BCUT2D eigenvalue weighted by Gasteiger charge is 2.10. The number of methoxy groups -OCH3 is 1. The molecule has 0 heterocycles. The molecule has 1 aliphatic rings. The van der Waals surface area contributed by atoms with Gasteiger partial charge in [-0.1, -0.05) is 6.08 Å². The Kier molecular flexibility index (Phi) is 3.35. The minimum Gasteiger partial charge on any atom is -0.467 e. The van der Waals surface area contributed by atoms with Gasteiger partial charge in [0.05, 0.1) is 0 Å². The number of rotatable bonds is 3. The lowest BCUT2D eigenvalue weighted by atomic mass is 10.00. The third-order valence-corrected chi connectivity index (χ3v) is 2.04. The smallest absolute Gasteiger partial charge is 0.188 e. The van der Waals surface area contributed by atoms with Gasteiger partial charge >= 0.3 is 0 Å². The molecule has 0 aromatic carbocycles. The summed E-state index contributed by atoms with van der Waals surface area (Å²) < 4.78 is 10.3. The van der Waals surface area contributed by atoms with Crippen LogP contribution < -0.4 is 0 Å². The molecule has 0 aromatic heterocycles. The van der Waals surface area contributed by atoms with Crippen LogP contribution in [0.2, 0.25) is 0 Å². The maximum Gasteiger partial charge on any atom is 0.188 e. The van der Waals surface area contributed by atoms with E-state index < -0.39 is 0 Å². The first-order chi connectivity index (χ1) is 5.75. The van der Waals surface area contributed by atoms with Crippen molar-refractivity contribution in [3.8, 4) is 0 Å². The third-order valence-electron chi connectivity index (χ3n) is 2.04. The van der Waals surface area contributed by atoms with E-state index in [4.69, 9.17) is 9.47 Å². The van der Waals surface area contributed by atoms with Crippen molar-refractivity contribution in [2.24, 2.45) is 0 Å². The van der Waals surface area contributed by atoms with Crippen molar-refractivity contribution in [1.82, 2.24) is 0 Å². The summed E-state index contributed by atoms with van der Waals surface area (Å²) in [6.45, 7) is 4.53. The average Bonchev–Trinajstić information content (AvgIpc) is 2.04. The maximum atomic E-state index is 5.45. The molecule has 0 N–H and O–H groups in total. The van der Waals surface area contributed by atoms with Gasteiger partial charge in [-0.15, -0.1) is 0 Å². The van der Waals surface area contributed by atoms with Crippen LogP contribution in [-0.4, -0.2) is 13.9 Å². The Morgan fingerprint density at radius 1 is 1.42 bits per heavy atom. The van der Waals surface area contributed by atoms with Gasteiger partial charge in [-0.25, -0.2) is 0 Å². The normalized spacial score (nSPS) is 17.8. The van der Waals surface area contributed by atoms with Gasteiger partial charge < -0.3 is 9.47 Å². The van der Waals surface area contributed by atoms with Gasteiger partial charge in [-0.2, -0.15) is 0 Å². The van der Waals surface area contributed by atoms with E-state index in [1.54, 1.807) is 7.11 Å². The fraction of sp³-hybridized carbons (Fsp3) is 0.600. The number of hydrogen-bond donors (Lipinski definition) is 0. The van der Waals surface area contributed by atoms with Crippen LogP contribution in [-0.2, 0) is 9.47 Å². The van der Waals surface area contributed by atoms with Gasteiger partial charge in [0.15, 0.2) is 6.79 Å². The van der Waals surface area contributed by atoms with Crippen LogP contribution in [0.5, 0.6) is 0 Å². The van der Waals surface area contributed by atoms with Crippen LogP contribution in [0.15, 0.2) is 23.0 Å². The van der Waals surface area contributed by atoms with Crippen molar-refractivity contribution in [3.05, 3.63) is 23.0 Å². The molecule has 0 unspecified atom stereocenters. The standard InChI is InChI=1S/C10H16O2/c1-8-5-4-6-9(2)10(8)12-7-11-3/h5H,4,6-7H2,1-3H3. The van der Waals surface area contributed by atoms with Crippen LogP contribution >= 0.6 is 0 Å². The molecule has 1 rings (SSSR count). The highest BCUT2D eigenvalue weighted by atomic mass is 16.7. The molecule has 1 aliphatic carbocycles. The highest BCUT2D eigenvalue weighted by Crippen LogP contribution is 2.25. The lowest BCUT2D eigenvalue weighted by molar-refractivity contribution is 0.00688. The van der Waals surface area contributed by atoms with Crippen LogP contribution in [0.3, 0.4) is 0 Å². The summed E-state index contributed by atoms with van der Waals surface area (Å²) in [5.74, 6) is 1.02. The van der Waals surface area contributed by atoms with E-state index in [0.717, 1.165) is 18.6 Å². The van der Waals surface area contributed by atoms with Gasteiger partial charge in [-0.3, -0.25) is 0 Å². The predicted molar refractivity (Wildman–Crippen MR) is 48.7 cm³/mol. The summed E-state index contributed by atoms with van der Waals surface area (Å²) >= 11 is 0. The SMILES string of the molecule is COCOC1=C(C)CCC=C1C. The first-order valence-corrected chi connectivity index (χ1v) is 4.24. The van der Waals surface area contributed by atoms with Crippen molar-refractivity contribution in [3.63, 3.8) is 0 Å². The summed E-state index contributed by atoms with van der Waals surface area (Å²) in [6, 6.07) is 0. The maximum absolute atomic E-state index is 5.45. The fourth-order valence-electron chi connectivity index (χ4n) is 1.40. The largest absolute Gasteiger partial charge is 0.467 e. The van der Waals surface area contributed by atoms with E-state index in [1.807, 2.05) is 0 Å². The molecule has 0 saturated heterocycles. The van der Waals surface area contributed by atoms with Crippen molar-refractivity contribution >= 4 is 0 Å². The molecular formula is C10H16O2. The molecule has 0 aromatic rings. The molecule has 0 spiro atoms. The second-order valence-electron chi connectivity index (χ2n) is 3.09. The molecule has 0 radical (unpaired) electrons. The second-order valence-corrected chi connectivity index (χ2v) is 3.09. The Morgan fingerprint density at radius 2 is 2.17 bits per heavy atom. The van der Waals surface area contributed by atoms with Crippen LogP contribution in [0.4, 0.5) is 0 Å². The predicted octanol–water partition coefficient (Wildman–Crippen LogP) is 2.62. The van der Waals surface area contributed by atoms with E-state index in [1.165, 1.54) is 11.1 Å². The lowest BCUT2D eigenvalue weighted by Gasteiger charge is -2.17. The Labute approximate surface area is 73.9 Å². The minimum atomic E-state index is 0.345. The molecule has 0 amide bonds. The lowest BCUT2D eigenvalue weighted by Crippen LogP contribution is -2.04. The Hall–Kier alpha value is -0.760. The number of allylic oxidation sites excluding steroid dienone is 3. The zero-order chi connectivity index (χ0) is 8.97. The van der Waals surface area contributed by atoms with Gasteiger partial charge in [0, 0.05) is 7.11 Å². The van der Waals surface area contributed by atoms with Gasteiger partial charge in [0.1, 0.15) is 5.76 Å². The van der Waals surface area contributed by atoms with E-state index in [0.29, 0.717) is 6.79 Å². The van der Waals surface area contributed by atoms with Crippen molar-refractivity contribution in [2.75, 3.05) is 13.9 Å². The molecule has 2 heteroatoms. The quantitative estimate of drug-likeness (QED) is 0.603. The zero-order valence-corrected chi connectivity index (χ0v) is 8.02. The molecule has 68 valence electrons. The molecule has 0 fully saturated rings. The van der Waals surface area contributed by atoms with Crippen molar-refractivity contribution < 1.29 is 9.47 Å². The van der Waals surface area contributed by atoms with Crippen LogP contribution in [0.1, 0.15) is 26.7 Å². The van der Waals surface area contributed by atoms with Crippen LogP contribution in [0, 0.1) is 0 Å². The summed E-state index contributed by atoms with van der Waals surface area (Å²) in [7, 11) is 1.64. The zero-order valence-electron chi connectivity index (χ0n) is 8.02. The Morgan fingerprint density at radius 3 is 2.75 bits per heavy atom. The summed E-state index contributed by atoms with van der Waals surface area (Å²) in [4.78, 5) is 0. The number of ether oxygens (including phenoxy) is 2. The van der Waals surface area contributed by atoms with Gasteiger partial charge in [-0.05, 0) is 37.8 Å². The molecule has 12 heavy (non-hydrogen) atoms. The van der Waals surface area contributed by atoms with Crippen molar-refractivity contribution in [2.45, 2.75) is 26.7 Å². The fourth-order valence-corrected chi connectivity index (χ4v) is 1.40. The van der Waals surface area contributed by atoms with Gasteiger partial charge in [0.2, 0.25) is 0 Å². The first kappa shape index (κ1) is 9.33. The first-order valence-electron chi connectivity index (χ1n) is 4.24. The Bertz CT molecular complexity index is 214. The van der Waals surface area contributed by atoms with Crippen molar-refractivity contribution in [1.29, 1.82) is 0 Å². The molecular weight excluding hydrogens is 152 g/mol. The molecule has 0 aliphatic heterocycles. The topological polar surface area (TPSA) is 18.5 Å². The van der Waals surface area contributed by atoms with E-state index in [2.05, 4.69) is 19.9 Å². The van der Waals surface area contributed by atoms with E-state index in [9.17, 15) is 0 Å². The van der Waals surface area contributed by atoms with Crippen LogP contribution in [0.25, 0.3) is 0 Å². The molecule has 2 nitrogen and oxygen atoms in total. The van der Waals surface area contributed by atoms with E-state index in [-0.39, 0.29) is 0 Å². The minimum absolute atomic E-state index is 0.345.